The molecule has 0 saturated heterocycles. The highest BCUT2D eigenvalue weighted by molar-refractivity contribution is 5.85. The SMILES string of the molecule is CCCCNc1nc(N)nc2cn(Cc3ccc(N)cc3OC)nc12. The van der Waals surface area contributed by atoms with Crippen LogP contribution in [0.2, 0.25) is 0 Å². The van der Waals surface area contributed by atoms with Crippen LogP contribution in [0.25, 0.3) is 11.0 Å². The summed E-state index contributed by atoms with van der Waals surface area (Å²) in [6.07, 6.45) is 4.00. The Morgan fingerprint density at radius 3 is 2.84 bits per heavy atom. The van der Waals surface area contributed by atoms with E-state index in [4.69, 9.17) is 16.2 Å². The molecule has 25 heavy (non-hydrogen) atoms. The summed E-state index contributed by atoms with van der Waals surface area (Å²) in [5.41, 5.74) is 14.7. The van der Waals surface area contributed by atoms with Crippen molar-refractivity contribution in [3.8, 4) is 5.75 Å². The van der Waals surface area contributed by atoms with Crippen LogP contribution in [0.1, 0.15) is 25.3 Å². The number of nitrogens with zero attached hydrogens (tertiary/aromatic N) is 4. The van der Waals surface area contributed by atoms with Crippen molar-refractivity contribution >= 4 is 28.5 Å². The number of benzene rings is 1. The van der Waals surface area contributed by atoms with Crippen LogP contribution >= 0.6 is 0 Å². The summed E-state index contributed by atoms with van der Waals surface area (Å²) in [5.74, 6) is 1.63. The molecule has 0 aliphatic rings. The maximum Gasteiger partial charge on any atom is 0.222 e. The number of nitrogens with one attached hydrogen (secondary N) is 1. The van der Waals surface area contributed by atoms with E-state index in [0.29, 0.717) is 29.1 Å². The number of hydrogen-bond donors (Lipinski definition) is 3. The number of fused-ring (bicyclic) bond motifs is 1. The van der Waals surface area contributed by atoms with Gasteiger partial charge in [-0.2, -0.15) is 10.1 Å². The van der Waals surface area contributed by atoms with Crippen molar-refractivity contribution in [1.82, 2.24) is 19.7 Å². The first-order valence-corrected chi connectivity index (χ1v) is 8.27. The molecule has 0 fully saturated rings. The first-order valence-electron chi connectivity index (χ1n) is 8.27. The second-order valence-corrected chi connectivity index (χ2v) is 5.84. The number of unbranched alkanes of at least 4 members (excludes halogenated alkanes) is 1. The average molecular weight is 341 g/mol. The molecule has 5 N–H and O–H groups in total. The summed E-state index contributed by atoms with van der Waals surface area (Å²) in [4.78, 5) is 8.55. The van der Waals surface area contributed by atoms with Crippen molar-refractivity contribution in [3.63, 3.8) is 0 Å². The molecule has 0 unspecified atom stereocenters. The molecule has 3 aromatic rings. The van der Waals surface area contributed by atoms with Gasteiger partial charge in [-0.1, -0.05) is 19.4 Å². The highest BCUT2D eigenvalue weighted by Gasteiger charge is 2.12. The number of nitrogen functional groups attached to an aromatic ring is 2. The average Bonchev–Trinajstić information content (AvgIpc) is 2.99. The summed E-state index contributed by atoms with van der Waals surface area (Å²) in [6.45, 7) is 3.50. The van der Waals surface area contributed by atoms with E-state index in [-0.39, 0.29) is 5.95 Å². The molecule has 8 nitrogen and oxygen atoms in total. The summed E-state index contributed by atoms with van der Waals surface area (Å²) in [6, 6.07) is 5.58. The monoisotopic (exact) mass is 341 g/mol. The smallest absolute Gasteiger partial charge is 0.222 e. The van der Waals surface area contributed by atoms with Gasteiger partial charge in [0.15, 0.2) is 11.3 Å². The number of hydrogen-bond acceptors (Lipinski definition) is 7. The van der Waals surface area contributed by atoms with E-state index in [0.717, 1.165) is 30.7 Å². The van der Waals surface area contributed by atoms with Gasteiger partial charge in [-0.15, -0.1) is 0 Å². The molecule has 0 spiro atoms. The van der Waals surface area contributed by atoms with Crippen LogP contribution < -0.4 is 21.5 Å². The van der Waals surface area contributed by atoms with Crippen molar-refractivity contribution in [2.24, 2.45) is 0 Å². The summed E-state index contributed by atoms with van der Waals surface area (Å²) in [5, 5.41) is 7.90. The molecule has 1 aromatic carbocycles. The van der Waals surface area contributed by atoms with E-state index >= 15 is 0 Å². The van der Waals surface area contributed by atoms with Gasteiger partial charge in [-0.3, -0.25) is 4.68 Å². The van der Waals surface area contributed by atoms with E-state index in [1.54, 1.807) is 17.9 Å². The fraction of sp³-hybridized carbons (Fsp3) is 0.353. The van der Waals surface area contributed by atoms with Crippen LogP contribution in [0, 0.1) is 0 Å². The highest BCUT2D eigenvalue weighted by Crippen LogP contribution is 2.24. The van der Waals surface area contributed by atoms with Gasteiger partial charge in [-0.05, 0) is 12.5 Å². The van der Waals surface area contributed by atoms with Crippen LogP contribution in [0.15, 0.2) is 24.4 Å². The first kappa shape index (κ1) is 16.8. The zero-order valence-corrected chi connectivity index (χ0v) is 14.5. The summed E-state index contributed by atoms with van der Waals surface area (Å²) < 4.78 is 7.20. The van der Waals surface area contributed by atoms with Crippen molar-refractivity contribution in [3.05, 3.63) is 30.0 Å². The topological polar surface area (TPSA) is 117 Å². The Labute approximate surface area is 146 Å². The number of rotatable bonds is 7. The zero-order chi connectivity index (χ0) is 17.8. The third-order valence-corrected chi connectivity index (χ3v) is 3.89. The second kappa shape index (κ2) is 7.25. The number of anilines is 3. The molecular formula is C17H23N7O. The van der Waals surface area contributed by atoms with Crippen LogP contribution in [0.5, 0.6) is 5.75 Å². The van der Waals surface area contributed by atoms with Crippen molar-refractivity contribution in [2.75, 3.05) is 30.4 Å². The highest BCUT2D eigenvalue weighted by atomic mass is 16.5. The van der Waals surface area contributed by atoms with Gasteiger partial charge in [0.05, 0.1) is 19.9 Å². The third-order valence-electron chi connectivity index (χ3n) is 3.89. The van der Waals surface area contributed by atoms with E-state index in [1.807, 2.05) is 18.3 Å². The Bertz CT molecular complexity index is 875. The number of aromatic nitrogens is 4. The fourth-order valence-electron chi connectivity index (χ4n) is 2.63. The maximum atomic E-state index is 5.82. The van der Waals surface area contributed by atoms with E-state index in [9.17, 15) is 0 Å². The maximum absolute atomic E-state index is 5.82. The van der Waals surface area contributed by atoms with Gasteiger partial charge in [0.25, 0.3) is 0 Å². The van der Waals surface area contributed by atoms with Crippen molar-refractivity contribution in [1.29, 1.82) is 0 Å². The standard InChI is InChI=1S/C17H23N7O/c1-3-4-7-20-16-15-13(21-17(19)22-16)10-24(23-15)9-11-5-6-12(18)8-14(11)25-2/h5-6,8,10H,3-4,7,9,18H2,1-2H3,(H3,19,20,21,22). The Hall–Kier alpha value is -3.03. The third kappa shape index (κ3) is 3.73. The molecule has 0 aliphatic heterocycles. The molecule has 2 aromatic heterocycles. The minimum absolute atomic E-state index is 0.233. The van der Waals surface area contributed by atoms with E-state index < -0.39 is 0 Å². The minimum atomic E-state index is 0.233. The van der Waals surface area contributed by atoms with Gasteiger partial charge in [0.1, 0.15) is 11.3 Å². The molecule has 0 radical (unpaired) electrons. The molecule has 0 bridgehead atoms. The molecular weight excluding hydrogens is 318 g/mol. The molecule has 3 rings (SSSR count). The predicted molar refractivity (Wildman–Crippen MR) is 99.6 cm³/mol. The summed E-state index contributed by atoms with van der Waals surface area (Å²) >= 11 is 0. The van der Waals surface area contributed by atoms with Crippen LogP contribution in [0.4, 0.5) is 17.5 Å². The quantitative estimate of drug-likeness (QED) is 0.446. The lowest BCUT2D eigenvalue weighted by atomic mass is 10.2. The van der Waals surface area contributed by atoms with Crippen molar-refractivity contribution < 1.29 is 4.74 Å². The van der Waals surface area contributed by atoms with Crippen LogP contribution in [0.3, 0.4) is 0 Å². The summed E-state index contributed by atoms with van der Waals surface area (Å²) in [7, 11) is 1.62. The van der Waals surface area contributed by atoms with Crippen LogP contribution in [-0.4, -0.2) is 33.4 Å². The molecule has 0 saturated carbocycles. The lowest BCUT2D eigenvalue weighted by Crippen LogP contribution is -2.06. The molecule has 8 heteroatoms. The largest absolute Gasteiger partial charge is 0.496 e. The molecule has 2 heterocycles. The van der Waals surface area contributed by atoms with Crippen LogP contribution in [-0.2, 0) is 6.54 Å². The van der Waals surface area contributed by atoms with Crippen molar-refractivity contribution in [2.45, 2.75) is 26.3 Å². The number of ether oxygens (including phenoxy) is 1. The van der Waals surface area contributed by atoms with Gasteiger partial charge in [-0.25, -0.2) is 4.98 Å². The van der Waals surface area contributed by atoms with Gasteiger partial charge < -0.3 is 21.5 Å². The molecule has 0 atom stereocenters. The number of methoxy groups -OCH3 is 1. The first-order chi connectivity index (χ1) is 12.1. The Morgan fingerprint density at radius 2 is 2.08 bits per heavy atom. The lowest BCUT2D eigenvalue weighted by molar-refractivity contribution is 0.407. The predicted octanol–water partition coefficient (Wildman–Crippen LogP) is 2.26. The van der Waals surface area contributed by atoms with E-state index in [1.165, 1.54) is 0 Å². The minimum Gasteiger partial charge on any atom is -0.496 e. The second-order valence-electron chi connectivity index (χ2n) is 5.84. The Balaban J connectivity index is 1.92. The van der Waals surface area contributed by atoms with Gasteiger partial charge in [0.2, 0.25) is 5.95 Å². The normalized spacial score (nSPS) is 11.0. The van der Waals surface area contributed by atoms with Gasteiger partial charge >= 0.3 is 0 Å². The molecule has 0 amide bonds. The Kier molecular flexibility index (Phi) is 4.87. The fourth-order valence-corrected chi connectivity index (χ4v) is 2.63. The zero-order valence-electron chi connectivity index (χ0n) is 14.5. The van der Waals surface area contributed by atoms with E-state index in [2.05, 4.69) is 27.3 Å². The molecule has 132 valence electrons. The lowest BCUT2D eigenvalue weighted by Gasteiger charge is -2.09. The molecule has 0 aliphatic carbocycles. The van der Waals surface area contributed by atoms with Gasteiger partial charge in [0, 0.05) is 23.9 Å². The Morgan fingerprint density at radius 1 is 1.24 bits per heavy atom. The number of nitrogens with two attached hydrogens (primary N) is 2.